The van der Waals surface area contributed by atoms with Crippen LogP contribution in [0.25, 0.3) is 11.3 Å². The zero-order valence-corrected chi connectivity index (χ0v) is 22.9. The molecule has 0 radical (unpaired) electrons. The molecule has 1 N–H and O–H groups in total. The Bertz CT molecular complexity index is 1310. The van der Waals surface area contributed by atoms with Crippen LogP contribution in [0.4, 0.5) is 31.8 Å². The lowest BCUT2D eigenvalue weighted by molar-refractivity contribution is 0.249. The van der Waals surface area contributed by atoms with Gasteiger partial charge in [0.2, 0.25) is 5.95 Å². The topological polar surface area (TPSA) is 56.8 Å². The fourth-order valence-corrected chi connectivity index (χ4v) is 5.47. The summed E-state index contributed by atoms with van der Waals surface area (Å²) >= 11 is 6.53. The first kappa shape index (κ1) is 26.4. The molecule has 2 aromatic carbocycles. The van der Waals surface area contributed by atoms with E-state index in [4.69, 9.17) is 16.3 Å². The summed E-state index contributed by atoms with van der Waals surface area (Å²) in [4.78, 5) is 15.0. The summed E-state index contributed by atoms with van der Waals surface area (Å²) in [5.41, 5.74) is 2.47. The van der Waals surface area contributed by atoms with Gasteiger partial charge in [-0.15, -0.1) is 0 Å². The van der Waals surface area contributed by atoms with Gasteiger partial charge in [-0.2, -0.15) is 0 Å². The van der Waals surface area contributed by atoms with E-state index in [1.165, 1.54) is 6.07 Å². The number of benzene rings is 2. The molecule has 0 saturated carbocycles. The smallest absolute Gasteiger partial charge is 0.227 e. The van der Waals surface area contributed by atoms with Crippen LogP contribution in [0.3, 0.4) is 0 Å². The van der Waals surface area contributed by atoms with Crippen molar-refractivity contribution in [3.05, 3.63) is 53.2 Å². The van der Waals surface area contributed by atoms with Crippen LogP contribution < -0.4 is 19.9 Å². The van der Waals surface area contributed by atoms with E-state index in [2.05, 4.69) is 57.9 Å². The van der Waals surface area contributed by atoms with Crippen LogP contribution in [0.2, 0.25) is 5.02 Å². The van der Waals surface area contributed by atoms with Crippen molar-refractivity contribution < 1.29 is 13.5 Å². The molecule has 0 atom stereocenters. The molecule has 0 amide bonds. The maximum atomic E-state index is 15.1. The number of fused-ring (bicyclic) bond motifs is 1. The van der Waals surface area contributed by atoms with Crippen LogP contribution in [0.15, 0.2) is 36.5 Å². The number of piperidine rings is 1. The molecule has 0 aliphatic carbocycles. The molecule has 2 aliphatic rings. The van der Waals surface area contributed by atoms with Crippen molar-refractivity contribution in [3.8, 4) is 17.0 Å². The first-order chi connectivity index (χ1) is 18.2. The Morgan fingerprint density at radius 1 is 1.05 bits per heavy atom. The van der Waals surface area contributed by atoms with Gasteiger partial charge in [-0.25, -0.2) is 18.7 Å². The molecule has 0 unspecified atom stereocenters. The third-order valence-electron chi connectivity index (χ3n) is 7.29. The average Bonchev–Trinajstić information content (AvgIpc) is 2.89. The summed E-state index contributed by atoms with van der Waals surface area (Å²) in [6.45, 7) is 7.01. The predicted octanol–water partition coefficient (Wildman–Crippen LogP) is 5.96. The molecule has 5 rings (SSSR count). The summed E-state index contributed by atoms with van der Waals surface area (Å²) < 4.78 is 35.8. The number of anilines is 4. The van der Waals surface area contributed by atoms with Gasteiger partial charge in [0.1, 0.15) is 18.1 Å². The number of rotatable bonds is 6. The molecule has 10 heteroatoms. The lowest BCUT2D eigenvalue weighted by Crippen LogP contribution is -2.42. The van der Waals surface area contributed by atoms with Crippen LogP contribution >= 0.6 is 11.6 Å². The molecule has 3 aromatic rings. The highest BCUT2D eigenvalue weighted by Gasteiger charge is 2.25. The lowest BCUT2D eigenvalue weighted by Gasteiger charge is -2.36. The third-order valence-corrected chi connectivity index (χ3v) is 7.57. The third kappa shape index (κ3) is 5.35. The minimum Gasteiger partial charge on any atom is -0.488 e. The Hall–Kier alpha value is -3.17. The van der Waals surface area contributed by atoms with Crippen molar-refractivity contribution in [2.75, 3.05) is 55.5 Å². The Morgan fingerprint density at radius 2 is 1.82 bits per heavy atom. The molecule has 2 aliphatic heterocycles. The second-order valence-corrected chi connectivity index (χ2v) is 10.7. The minimum atomic E-state index is -0.581. The summed E-state index contributed by atoms with van der Waals surface area (Å²) in [6.07, 6.45) is 3.09. The predicted molar refractivity (Wildman–Crippen MR) is 149 cm³/mol. The van der Waals surface area contributed by atoms with Gasteiger partial charge < -0.3 is 24.8 Å². The highest BCUT2D eigenvalue weighted by molar-refractivity contribution is 6.33. The van der Waals surface area contributed by atoms with E-state index in [0.29, 0.717) is 46.9 Å². The van der Waals surface area contributed by atoms with Crippen LogP contribution in [0.5, 0.6) is 5.75 Å². The molecule has 7 nitrogen and oxygen atoms in total. The first-order valence-electron chi connectivity index (χ1n) is 12.9. The van der Waals surface area contributed by atoms with E-state index in [1.807, 2.05) is 6.07 Å². The van der Waals surface area contributed by atoms with E-state index in [1.54, 1.807) is 18.2 Å². The van der Waals surface area contributed by atoms with Gasteiger partial charge >= 0.3 is 0 Å². The zero-order chi connectivity index (χ0) is 27.0. The standard InChI is InChI=1S/C28H33ClF2N6O/c1-17(2)37-11-12-38-27-21(29)13-18(14-25(27)37)26-23(31)16-32-28(34-26)33-19-5-6-24(22(30)15-19)36-9-7-20(8-10-36)35(3)4/h5-6,13-17,20H,7-12H2,1-4H3,(H,32,33,34). The molecular formula is C28H33ClF2N6O. The number of hydrogen-bond donors (Lipinski definition) is 1. The van der Waals surface area contributed by atoms with Crippen molar-refractivity contribution in [2.45, 2.75) is 38.8 Å². The Morgan fingerprint density at radius 3 is 2.50 bits per heavy atom. The van der Waals surface area contributed by atoms with Gasteiger partial charge in [-0.3, -0.25) is 0 Å². The maximum absolute atomic E-state index is 15.1. The van der Waals surface area contributed by atoms with E-state index >= 15 is 4.39 Å². The number of nitrogens with zero attached hydrogens (tertiary/aromatic N) is 5. The maximum Gasteiger partial charge on any atom is 0.227 e. The van der Waals surface area contributed by atoms with Crippen molar-refractivity contribution in [1.82, 2.24) is 14.9 Å². The van der Waals surface area contributed by atoms with Gasteiger partial charge in [0.25, 0.3) is 0 Å². The zero-order valence-electron chi connectivity index (χ0n) is 22.1. The molecule has 202 valence electrons. The molecule has 0 bridgehead atoms. The summed E-state index contributed by atoms with van der Waals surface area (Å²) in [5.74, 6) is -0.159. The molecular weight excluding hydrogens is 510 g/mol. The Kier molecular flexibility index (Phi) is 7.59. The molecule has 1 aromatic heterocycles. The number of hydrogen-bond acceptors (Lipinski definition) is 7. The van der Waals surface area contributed by atoms with Crippen molar-refractivity contribution in [2.24, 2.45) is 0 Å². The van der Waals surface area contributed by atoms with Gasteiger partial charge in [-0.05, 0) is 71.1 Å². The number of ether oxygens (including phenoxy) is 1. The van der Waals surface area contributed by atoms with Crippen LogP contribution in [0.1, 0.15) is 26.7 Å². The van der Waals surface area contributed by atoms with Crippen LogP contribution in [-0.2, 0) is 0 Å². The number of aromatic nitrogens is 2. The van der Waals surface area contributed by atoms with Crippen molar-refractivity contribution in [3.63, 3.8) is 0 Å². The van der Waals surface area contributed by atoms with E-state index in [-0.39, 0.29) is 23.5 Å². The quantitative estimate of drug-likeness (QED) is 0.412. The van der Waals surface area contributed by atoms with Crippen molar-refractivity contribution in [1.29, 1.82) is 0 Å². The van der Waals surface area contributed by atoms with E-state index < -0.39 is 5.82 Å². The lowest BCUT2D eigenvalue weighted by atomic mass is 10.0. The Balaban J connectivity index is 1.38. The molecule has 1 fully saturated rings. The average molecular weight is 543 g/mol. The van der Waals surface area contributed by atoms with E-state index in [0.717, 1.165) is 37.8 Å². The second kappa shape index (κ2) is 10.9. The minimum absolute atomic E-state index is 0.0994. The van der Waals surface area contributed by atoms with Gasteiger partial charge in [0.05, 0.1) is 29.1 Å². The monoisotopic (exact) mass is 542 g/mol. The van der Waals surface area contributed by atoms with Gasteiger partial charge in [-0.1, -0.05) is 11.6 Å². The fourth-order valence-electron chi connectivity index (χ4n) is 5.20. The molecule has 38 heavy (non-hydrogen) atoms. The first-order valence-corrected chi connectivity index (χ1v) is 13.3. The number of nitrogens with one attached hydrogen (secondary N) is 1. The van der Waals surface area contributed by atoms with Crippen LogP contribution in [0, 0.1) is 11.6 Å². The highest BCUT2D eigenvalue weighted by Crippen LogP contribution is 2.42. The Labute approximate surface area is 227 Å². The van der Waals surface area contributed by atoms with Crippen molar-refractivity contribution >= 4 is 34.6 Å². The molecule has 0 spiro atoms. The highest BCUT2D eigenvalue weighted by atomic mass is 35.5. The normalized spacial score (nSPS) is 16.1. The van der Waals surface area contributed by atoms with E-state index in [9.17, 15) is 4.39 Å². The summed E-state index contributed by atoms with van der Waals surface area (Å²) in [5, 5.41) is 3.41. The van der Waals surface area contributed by atoms with Gasteiger partial charge in [0, 0.05) is 36.4 Å². The molecule has 3 heterocycles. The largest absolute Gasteiger partial charge is 0.488 e. The fraction of sp³-hybridized carbons (Fsp3) is 0.429. The summed E-state index contributed by atoms with van der Waals surface area (Å²) in [7, 11) is 4.17. The second-order valence-electron chi connectivity index (χ2n) is 10.3. The SMILES string of the molecule is CC(C)N1CCOc2c(Cl)cc(-c3nc(Nc4ccc(N5CCC(N(C)C)CC5)c(F)c4)ncc3F)cc21. The molecule has 1 saturated heterocycles. The van der Waals surface area contributed by atoms with Crippen LogP contribution in [-0.4, -0.2) is 67.3 Å². The van der Waals surface area contributed by atoms with Gasteiger partial charge in [0.15, 0.2) is 11.6 Å². The summed E-state index contributed by atoms with van der Waals surface area (Å²) in [6, 6.07) is 9.20. The number of halogens is 3.